The second kappa shape index (κ2) is 5.59. The van der Waals surface area contributed by atoms with E-state index in [1.807, 2.05) is 11.8 Å². The Kier molecular flexibility index (Phi) is 3.67. The molecule has 92 valence electrons. The second-order valence-electron chi connectivity index (χ2n) is 4.60. The Morgan fingerprint density at radius 1 is 0.889 bits per heavy atom. The van der Waals surface area contributed by atoms with E-state index >= 15 is 0 Å². The third-order valence-corrected chi connectivity index (χ3v) is 4.71. The molecule has 1 saturated heterocycles. The molecule has 2 atom stereocenters. The van der Waals surface area contributed by atoms with E-state index in [9.17, 15) is 0 Å². The summed E-state index contributed by atoms with van der Waals surface area (Å²) in [5.74, 6) is 0. The molecule has 0 radical (unpaired) electrons. The van der Waals surface area contributed by atoms with Crippen LogP contribution in [0.15, 0.2) is 65.6 Å². The van der Waals surface area contributed by atoms with E-state index in [1.54, 1.807) is 0 Å². The maximum atomic E-state index is 3.62. The standard InChI is InChI=1S/C16H17NS/c1-3-7-13(8-4-1)16-15(11-12-17-16)18-14-9-5-2-6-10-14/h1-10,15-17H,11-12H2/t15-,16-/m0/s1. The minimum Gasteiger partial charge on any atom is -0.309 e. The molecule has 0 saturated carbocycles. The largest absolute Gasteiger partial charge is 0.309 e. The van der Waals surface area contributed by atoms with Crippen molar-refractivity contribution in [2.45, 2.75) is 22.6 Å². The first kappa shape index (κ1) is 11.8. The normalized spacial score (nSPS) is 23.1. The molecule has 0 aliphatic carbocycles. The number of hydrogen-bond donors (Lipinski definition) is 1. The molecule has 18 heavy (non-hydrogen) atoms. The Morgan fingerprint density at radius 2 is 1.56 bits per heavy atom. The van der Waals surface area contributed by atoms with E-state index in [0.717, 1.165) is 6.54 Å². The van der Waals surface area contributed by atoms with Gasteiger partial charge in [0.15, 0.2) is 0 Å². The van der Waals surface area contributed by atoms with Gasteiger partial charge in [0.05, 0.1) is 0 Å². The molecule has 0 amide bonds. The summed E-state index contributed by atoms with van der Waals surface area (Å²) in [7, 11) is 0. The van der Waals surface area contributed by atoms with Crippen molar-refractivity contribution in [2.75, 3.05) is 6.54 Å². The highest BCUT2D eigenvalue weighted by molar-refractivity contribution is 8.00. The summed E-state index contributed by atoms with van der Waals surface area (Å²) in [6.07, 6.45) is 1.24. The molecule has 2 aromatic carbocycles. The minimum atomic E-state index is 0.483. The molecule has 1 nitrogen and oxygen atoms in total. The number of benzene rings is 2. The quantitative estimate of drug-likeness (QED) is 0.893. The molecule has 0 spiro atoms. The van der Waals surface area contributed by atoms with Crippen molar-refractivity contribution in [3.8, 4) is 0 Å². The van der Waals surface area contributed by atoms with Gasteiger partial charge in [0.1, 0.15) is 0 Å². The maximum Gasteiger partial charge on any atom is 0.0444 e. The summed E-state index contributed by atoms with van der Waals surface area (Å²) >= 11 is 1.99. The van der Waals surface area contributed by atoms with E-state index < -0.39 is 0 Å². The Bertz CT molecular complexity index is 483. The van der Waals surface area contributed by atoms with Crippen molar-refractivity contribution < 1.29 is 0 Å². The lowest BCUT2D eigenvalue weighted by Gasteiger charge is -2.19. The Balaban J connectivity index is 1.76. The summed E-state index contributed by atoms with van der Waals surface area (Å²) in [6.45, 7) is 1.12. The molecule has 0 aromatic heterocycles. The summed E-state index contributed by atoms with van der Waals surface area (Å²) < 4.78 is 0. The van der Waals surface area contributed by atoms with Gasteiger partial charge < -0.3 is 5.32 Å². The fourth-order valence-corrected chi connectivity index (χ4v) is 3.76. The van der Waals surface area contributed by atoms with Crippen molar-refractivity contribution >= 4 is 11.8 Å². The van der Waals surface area contributed by atoms with Crippen LogP contribution in [-0.4, -0.2) is 11.8 Å². The van der Waals surface area contributed by atoms with E-state index in [-0.39, 0.29) is 0 Å². The summed E-state index contributed by atoms with van der Waals surface area (Å²) in [6, 6.07) is 22.0. The molecule has 2 heteroatoms. The SMILES string of the molecule is c1ccc(S[C@H]2CCN[C@H]2c2ccccc2)cc1. The molecular weight excluding hydrogens is 238 g/mol. The highest BCUT2D eigenvalue weighted by Gasteiger charge is 2.28. The molecule has 1 N–H and O–H groups in total. The summed E-state index contributed by atoms with van der Waals surface area (Å²) in [4.78, 5) is 1.37. The lowest BCUT2D eigenvalue weighted by atomic mass is 10.1. The van der Waals surface area contributed by atoms with Gasteiger partial charge in [-0.05, 0) is 30.7 Å². The van der Waals surface area contributed by atoms with Gasteiger partial charge in [0.25, 0.3) is 0 Å². The molecule has 1 heterocycles. The number of rotatable bonds is 3. The molecule has 1 aliphatic heterocycles. The summed E-state index contributed by atoms with van der Waals surface area (Å²) in [5, 5.41) is 4.26. The van der Waals surface area contributed by atoms with Crippen LogP contribution in [0.4, 0.5) is 0 Å². The number of nitrogens with one attached hydrogen (secondary N) is 1. The third kappa shape index (κ3) is 2.60. The summed E-state index contributed by atoms with van der Waals surface area (Å²) in [5.41, 5.74) is 1.41. The average molecular weight is 255 g/mol. The van der Waals surface area contributed by atoms with Crippen LogP contribution in [0.25, 0.3) is 0 Å². The first-order valence-electron chi connectivity index (χ1n) is 6.43. The highest BCUT2D eigenvalue weighted by atomic mass is 32.2. The van der Waals surface area contributed by atoms with E-state index in [2.05, 4.69) is 66.0 Å². The average Bonchev–Trinajstić information content (AvgIpc) is 2.89. The van der Waals surface area contributed by atoms with E-state index in [4.69, 9.17) is 0 Å². The first-order valence-corrected chi connectivity index (χ1v) is 7.31. The molecular formula is C16H17NS. The zero-order valence-corrected chi connectivity index (χ0v) is 11.1. The van der Waals surface area contributed by atoms with Gasteiger partial charge >= 0.3 is 0 Å². The van der Waals surface area contributed by atoms with Crippen LogP contribution in [-0.2, 0) is 0 Å². The maximum absolute atomic E-state index is 3.62. The molecule has 0 bridgehead atoms. The van der Waals surface area contributed by atoms with Crippen molar-refractivity contribution in [3.05, 3.63) is 66.2 Å². The molecule has 0 unspecified atom stereocenters. The van der Waals surface area contributed by atoms with Gasteiger partial charge in [0.2, 0.25) is 0 Å². The highest BCUT2D eigenvalue weighted by Crippen LogP contribution is 2.37. The Morgan fingerprint density at radius 3 is 2.28 bits per heavy atom. The first-order chi connectivity index (χ1) is 8.93. The van der Waals surface area contributed by atoms with Crippen molar-refractivity contribution in [1.82, 2.24) is 5.32 Å². The van der Waals surface area contributed by atoms with Crippen LogP contribution in [0.5, 0.6) is 0 Å². The van der Waals surface area contributed by atoms with Gasteiger partial charge in [-0.1, -0.05) is 48.5 Å². The number of thioether (sulfide) groups is 1. The molecule has 3 rings (SSSR count). The zero-order valence-electron chi connectivity index (χ0n) is 10.3. The predicted octanol–water partition coefficient (Wildman–Crippen LogP) is 3.88. The van der Waals surface area contributed by atoms with Gasteiger partial charge in [-0.25, -0.2) is 0 Å². The van der Waals surface area contributed by atoms with Gasteiger partial charge in [0, 0.05) is 16.2 Å². The fourth-order valence-electron chi connectivity index (χ4n) is 2.47. The Hall–Kier alpha value is -1.25. The topological polar surface area (TPSA) is 12.0 Å². The fraction of sp³-hybridized carbons (Fsp3) is 0.250. The van der Waals surface area contributed by atoms with Gasteiger partial charge in [-0.15, -0.1) is 11.8 Å². The molecule has 1 fully saturated rings. The van der Waals surface area contributed by atoms with Crippen molar-refractivity contribution in [3.63, 3.8) is 0 Å². The van der Waals surface area contributed by atoms with E-state index in [1.165, 1.54) is 16.9 Å². The monoisotopic (exact) mass is 255 g/mol. The smallest absolute Gasteiger partial charge is 0.0444 e. The lowest BCUT2D eigenvalue weighted by Crippen LogP contribution is -2.19. The number of hydrogen-bond acceptors (Lipinski definition) is 2. The minimum absolute atomic E-state index is 0.483. The molecule has 1 aliphatic rings. The van der Waals surface area contributed by atoms with Crippen LogP contribution >= 0.6 is 11.8 Å². The van der Waals surface area contributed by atoms with Crippen LogP contribution < -0.4 is 5.32 Å². The Labute approximate surface area is 113 Å². The zero-order chi connectivity index (χ0) is 12.2. The van der Waals surface area contributed by atoms with Crippen LogP contribution in [0.2, 0.25) is 0 Å². The van der Waals surface area contributed by atoms with E-state index in [0.29, 0.717) is 11.3 Å². The van der Waals surface area contributed by atoms with Crippen LogP contribution in [0.3, 0.4) is 0 Å². The molecule has 2 aromatic rings. The van der Waals surface area contributed by atoms with Crippen molar-refractivity contribution in [2.24, 2.45) is 0 Å². The van der Waals surface area contributed by atoms with Crippen molar-refractivity contribution in [1.29, 1.82) is 0 Å². The van der Waals surface area contributed by atoms with Gasteiger partial charge in [-0.2, -0.15) is 0 Å². The van der Waals surface area contributed by atoms with Gasteiger partial charge in [-0.3, -0.25) is 0 Å². The predicted molar refractivity (Wildman–Crippen MR) is 77.9 cm³/mol. The van der Waals surface area contributed by atoms with Crippen LogP contribution in [0.1, 0.15) is 18.0 Å². The second-order valence-corrected chi connectivity index (χ2v) is 5.91. The van der Waals surface area contributed by atoms with Crippen LogP contribution in [0, 0.1) is 0 Å². The third-order valence-electron chi connectivity index (χ3n) is 3.35. The lowest BCUT2D eigenvalue weighted by molar-refractivity contribution is 0.657.